The molecule has 2 aromatic carbocycles. The minimum Gasteiger partial charge on any atom is -0.396 e. The highest BCUT2D eigenvalue weighted by molar-refractivity contribution is 14.1. The molecule has 14 heteroatoms. The van der Waals surface area contributed by atoms with E-state index >= 15 is 8.78 Å². The number of halogens is 4. The number of hydrogen-bond donors (Lipinski definition) is 3. The summed E-state index contributed by atoms with van der Waals surface area (Å²) in [7, 11) is -4.72. The lowest BCUT2D eigenvalue weighted by Crippen LogP contribution is -2.34. The lowest BCUT2D eigenvalue weighted by Gasteiger charge is -2.23. The third kappa shape index (κ3) is 7.44. The second-order valence-corrected chi connectivity index (χ2v) is 12.7. The number of anilines is 2. The van der Waals surface area contributed by atoms with Gasteiger partial charge in [0.2, 0.25) is 10.0 Å². The number of carbonyl (C=O) groups excluding carboxylic acids is 1. The average molecular weight is 707 g/mol. The molecule has 1 fully saturated rings. The Kier molecular flexibility index (Phi) is 10.3. The van der Waals surface area contributed by atoms with Gasteiger partial charge in [-0.05, 0) is 84.2 Å². The zero-order chi connectivity index (χ0) is 28.9. The molecule has 1 aromatic heterocycles. The fourth-order valence-corrected chi connectivity index (χ4v) is 6.16. The lowest BCUT2D eigenvalue weighted by molar-refractivity contribution is 0.0270. The van der Waals surface area contributed by atoms with E-state index in [1.165, 1.54) is 12.3 Å². The normalized spacial score (nSPS) is 13.4. The summed E-state index contributed by atoms with van der Waals surface area (Å²) in [4.78, 5) is 21.4. The third-order valence-electron chi connectivity index (χ3n) is 6.04. The van der Waals surface area contributed by atoms with Crippen molar-refractivity contribution in [2.24, 2.45) is 5.92 Å². The van der Waals surface area contributed by atoms with Crippen molar-refractivity contribution in [2.45, 2.75) is 30.7 Å². The Morgan fingerprint density at radius 1 is 1.20 bits per heavy atom. The predicted octanol–water partition coefficient (Wildman–Crippen LogP) is 5.01. The number of rotatable bonds is 13. The Labute approximate surface area is 249 Å². The van der Waals surface area contributed by atoms with Crippen LogP contribution in [0, 0.1) is 21.1 Å². The van der Waals surface area contributed by atoms with E-state index in [4.69, 9.17) is 16.4 Å². The molecule has 3 N–H and O–H groups in total. The molecule has 0 unspecified atom stereocenters. The van der Waals surface area contributed by atoms with E-state index in [1.807, 2.05) is 22.6 Å². The maximum absolute atomic E-state index is 15.7. The van der Waals surface area contributed by atoms with Crippen molar-refractivity contribution in [1.82, 2.24) is 14.8 Å². The number of benzene rings is 2. The van der Waals surface area contributed by atoms with Crippen molar-refractivity contribution in [1.29, 1.82) is 0 Å². The van der Waals surface area contributed by atoms with Gasteiger partial charge in [-0.25, -0.2) is 22.7 Å². The minimum atomic E-state index is -4.72. The van der Waals surface area contributed by atoms with Crippen LogP contribution in [0.25, 0.3) is 0 Å². The molecule has 4 rings (SSSR count). The molecule has 1 aliphatic rings. The summed E-state index contributed by atoms with van der Waals surface area (Å²) in [5.74, 6) is -3.97. The number of hydrogen-bond acceptors (Lipinski definition) is 7. The van der Waals surface area contributed by atoms with Crippen molar-refractivity contribution in [3.05, 3.63) is 80.1 Å². The van der Waals surface area contributed by atoms with Gasteiger partial charge in [0, 0.05) is 22.9 Å². The van der Waals surface area contributed by atoms with Gasteiger partial charge in [-0.2, -0.15) is 4.31 Å². The Bertz CT molecular complexity index is 1480. The highest BCUT2D eigenvalue weighted by atomic mass is 127. The Balaban J connectivity index is 1.77. The van der Waals surface area contributed by atoms with Crippen LogP contribution in [-0.2, 0) is 21.4 Å². The largest absolute Gasteiger partial charge is 0.396 e. The van der Waals surface area contributed by atoms with Crippen LogP contribution in [-0.4, -0.2) is 48.5 Å². The van der Waals surface area contributed by atoms with Gasteiger partial charge >= 0.3 is 0 Å². The second kappa shape index (κ2) is 13.5. The first kappa shape index (κ1) is 30.5. The summed E-state index contributed by atoms with van der Waals surface area (Å²) >= 11 is 8.29. The number of aliphatic hydroxyl groups excluding tert-OH is 1. The molecular weight excluding hydrogens is 681 g/mol. The summed E-state index contributed by atoms with van der Waals surface area (Å²) in [5.41, 5.74) is 1.59. The molecule has 1 heterocycles. The number of sulfonamides is 1. The fourth-order valence-electron chi connectivity index (χ4n) is 3.72. The lowest BCUT2D eigenvalue weighted by atomic mass is 10.1. The fraction of sp³-hybridized carbons (Fsp3) is 0.308. The van der Waals surface area contributed by atoms with E-state index in [1.54, 1.807) is 30.3 Å². The van der Waals surface area contributed by atoms with Crippen LogP contribution in [0.2, 0.25) is 5.02 Å². The first-order valence-corrected chi connectivity index (χ1v) is 15.2. The van der Waals surface area contributed by atoms with Gasteiger partial charge in [0.1, 0.15) is 4.90 Å². The Morgan fingerprint density at radius 2 is 1.98 bits per heavy atom. The molecule has 0 atom stereocenters. The van der Waals surface area contributed by atoms with Gasteiger partial charge in [0.25, 0.3) is 5.91 Å². The number of pyridine rings is 1. The van der Waals surface area contributed by atoms with E-state index in [9.17, 15) is 18.3 Å². The standard InChI is InChI=1S/C26H26ClF2IN4O5S/c27-20-12-17(30)7-8-21(20)32-25-19(26(36)33-39-15-16-5-6-16)13-22(23(28)24(25)29)40(37,38)34(10-3-11-35)14-18-4-1-2-9-31-18/h1-2,4,7-9,12-13,16,32,35H,3,5-6,10-11,14-15H2,(H,33,36). The summed E-state index contributed by atoms with van der Waals surface area (Å²) in [6.45, 7) is -0.586. The second-order valence-electron chi connectivity index (χ2n) is 9.10. The zero-order valence-electron chi connectivity index (χ0n) is 21.0. The molecular formula is C26H26ClF2IN4O5S. The number of aliphatic hydroxyl groups is 1. The van der Waals surface area contributed by atoms with E-state index in [0.29, 0.717) is 5.69 Å². The number of carbonyl (C=O) groups is 1. The van der Waals surface area contributed by atoms with Crippen molar-refractivity contribution < 1.29 is 31.9 Å². The predicted molar refractivity (Wildman–Crippen MR) is 153 cm³/mol. The molecule has 0 bridgehead atoms. The number of nitrogens with one attached hydrogen (secondary N) is 2. The number of amides is 1. The number of hydroxylamine groups is 1. The molecule has 0 saturated heterocycles. The van der Waals surface area contributed by atoms with E-state index in [2.05, 4.69) is 15.8 Å². The van der Waals surface area contributed by atoms with Gasteiger partial charge in [-0.15, -0.1) is 0 Å². The van der Waals surface area contributed by atoms with Gasteiger partial charge < -0.3 is 10.4 Å². The van der Waals surface area contributed by atoms with Crippen molar-refractivity contribution in [3.8, 4) is 0 Å². The van der Waals surface area contributed by atoms with Crippen LogP contribution in [0.1, 0.15) is 35.3 Å². The molecule has 9 nitrogen and oxygen atoms in total. The molecule has 0 radical (unpaired) electrons. The van der Waals surface area contributed by atoms with Gasteiger partial charge in [0.05, 0.1) is 40.8 Å². The highest BCUT2D eigenvalue weighted by Crippen LogP contribution is 2.35. The molecule has 0 aliphatic heterocycles. The summed E-state index contributed by atoms with van der Waals surface area (Å²) in [6.07, 6.45) is 3.39. The molecule has 0 spiro atoms. The molecule has 1 saturated carbocycles. The molecule has 214 valence electrons. The number of aromatic nitrogens is 1. The smallest absolute Gasteiger partial charge is 0.277 e. The van der Waals surface area contributed by atoms with Gasteiger partial charge in [-0.1, -0.05) is 17.7 Å². The van der Waals surface area contributed by atoms with E-state index in [-0.39, 0.29) is 49.4 Å². The van der Waals surface area contributed by atoms with Gasteiger partial charge in [-0.3, -0.25) is 14.6 Å². The minimum absolute atomic E-state index is 0.0312. The van der Waals surface area contributed by atoms with Crippen LogP contribution in [0.5, 0.6) is 0 Å². The molecule has 1 aliphatic carbocycles. The Hall–Kier alpha value is -2.43. The first-order valence-electron chi connectivity index (χ1n) is 12.3. The monoisotopic (exact) mass is 706 g/mol. The van der Waals surface area contributed by atoms with Crippen molar-refractivity contribution in [3.63, 3.8) is 0 Å². The van der Waals surface area contributed by atoms with Crippen LogP contribution in [0.4, 0.5) is 20.2 Å². The number of nitrogens with zero attached hydrogens (tertiary/aromatic N) is 2. The van der Waals surface area contributed by atoms with Crippen LogP contribution in [0.3, 0.4) is 0 Å². The van der Waals surface area contributed by atoms with E-state index in [0.717, 1.165) is 26.8 Å². The maximum Gasteiger partial charge on any atom is 0.277 e. The zero-order valence-corrected chi connectivity index (χ0v) is 24.8. The Morgan fingerprint density at radius 3 is 2.62 bits per heavy atom. The SMILES string of the molecule is O=C(NOCC1CC1)c1cc(S(=O)(=O)N(CCCO)Cc2ccccn2)c(F)c(F)c1Nc1ccc(I)cc1Cl. The van der Waals surface area contributed by atoms with Crippen molar-refractivity contribution >= 4 is 61.5 Å². The van der Waals surface area contributed by atoms with Gasteiger partial charge in [0.15, 0.2) is 11.6 Å². The maximum atomic E-state index is 15.7. The third-order valence-corrected chi connectivity index (χ3v) is 8.87. The van der Waals surface area contributed by atoms with Crippen LogP contribution < -0.4 is 10.8 Å². The van der Waals surface area contributed by atoms with Crippen LogP contribution >= 0.6 is 34.2 Å². The summed E-state index contributed by atoms with van der Waals surface area (Å²) in [6, 6.07) is 10.4. The molecule has 1 amide bonds. The topological polar surface area (TPSA) is 121 Å². The van der Waals surface area contributed by atoms with Crippen LogP contribution in [0.15, 0.2) is 53.6 Å². The molecule has 40 heavy (non-hydrogen) atoms. The average Bonchev–Trinajstić information content (AvgIpc) is 3.75. The quantitative estimate of drug-likeness (QED) is 0.169. The molecule has 3 aromatic rings. The summed E-state index contributed by atoms with van der Waals surface area (Å²) < 4.78 is 60.2. The first-order chi connectivity index (χ1) is 19.1. The summed E-state index contributed by atoms with van der Waals surface area (Å²) in [5, 5.41) is 12.1. The van der Waals surface area contributed by atoms with E-state index < -0.39 is 43.7 Å². The highest BCUT2D eigenvalue weighted by Gasteiger charge is 2.34. The van der Waals surface area contributed by atoms with Crippen molar-refractivity contribution in [2.75, 3.05) is 25.1 Å².